The predicted molar refractivity (Wildman–Crippen MR) is 136 cm³/mol. The second-order valence-corrected chi connectivity index (χ2v) is 10.2. The van der Waals surface area contributed by atoms with E-state index in [4.69, 9.17) is 14.5 Å². The highest BCUT2D eigenvalue weighted by Crippen LogP contribution is 2.31. The topological polar surface area (TPSA) is 81.5 Å². The van der Waals surface area contributed by atoms with Crippen molar-refractivity contribution in [2.24, 2.45) is 0 Å². The molecule has 182 valence electrons. The molecule has 3 aromatic rings. The lowest BCUT2D eigenvalue weighted by Gasteiger charge is -2.34. The molecular weight excluding hydrogens is 498 g/mol. The highest BCUT2D eigenvalue weighted by molar-refractivity contribution is 9.10. The first-order valence-corrected chi connectivity index (χ1v) is 12.5. The van der Waals surface area contributed by atoms with Crippen LogP contribution in [0.1, 0.15) is 52.5 Å². The van der Waals surface area contributed by atoms with Crippen molar-refractivity contribution in [3.63, 3.8) is 0 Å². The molecule has 1 N–H and O–H groups in total. The summed E-state index contributed by atoms with van der Waals surface area (Å²) < 4.78 is 14.6. The smallest absolute Gasteiger partial charge is 0.410 e. The fourth-order valence-corrected chi connectivity index (χ4v) is 4.47. The summed E-state index contributed by atoms with van der Waals surface area (Å²) in [6, 6.07) is 14.0. The number of anilines is 1. The van der Waals surface area contributed by atoms with Crippen molar-refractivity contribution in [1.82, 2.24) is 19.4 Å². The van der Waals surface area contributed by atoms with E-state index >= 15 is 0 Å². The summed E-state index contributed by atoms with van der Waals surface area (Å²) in [5.41, 5.74) is 2.15. The molecule has 1 aliphatic rings. The van der Waals surface area contributed by atoms with Crippen molar-refractivity contribution in [2.45, 2.75) is 58.4 Å². The predicted octanol–water partition coefficient (Wildman–Crippen LogP) is 5.59. The summed E-state index contributed by atoms with van der Waals surface area (Å²) in [7, 11) is 0. The average molecular weight is 530 g/mol. The standard InChI is InChI=1S/C25H32BrN5O3/c1-5-33-22(19-10-8-12-21(26)28-19)31-20-11-7-6-9-18(20)29-23(31)27-17-13-15-30(16-14-17)24(32)34-25(2,3)4/h6-12,17,22H,5,13-16H2,1-4H3,(H,27,29). The van der Waals surface area contributed by atoms with Crippen LogP contribution < -0.4 is 5.32 Å². The largest absolute Gasteiger partial charge is 0.444 e. The number of imidazole rings is 1. The van der Waals surface area contributed by atoms with E-state index in [1.807, 2.05) is 70.2 Å². The monoisotopic (exact) mass is 529 g/mol. The van der Waals surface area contributed by atoms with Crippen LogP contribution in [0.25, 0.3) is 11.0 Å². The Morgan fingerprint density at radius 2 is 1.88 bits per heavy atom. The number of benzene rings is 1. The van der Waals surface area contributed by atoms with Gasteiger partial charge in [0, 0.05) is 25.7 Å². The maximum Gasteiger partial charge on any atom is 0.410 e. The molecular formula is C25H32BrN5O3. The number of ether oxygens (including phenoxy) is 2. The van der Waals surface area contributed by atoms with E-state index in [1.165, 1.54) is 0 Å². The van der Waals surface area contributed by atoms with Crippen LogP contribution in [-0.2, 0) is 9.47 Å². The molecule has 0 bridgehead atoms. The molecule has 2 aromatic heterocycles. The summed E-state index contributed by atoms with van der Waals surface area (Å²) in [4.78, 5) is 23.8. The van der Waals surface area contributed by atoms with Crippen LogP contribution in [0.4, 0.5) is 10.7 Å². The first-order chi connectivity index (χ1) is 16.2. The number of hydrogen-bond donors (Lipinski definition) is 1. The molecule has 0 saturated carbocycles. The number of halogens is 1. The molecule has 1 unspecified atom stereocenters. The molecule has 1 amide bonds. The molecule has 1 aromatic carbocycles. The van der Waals surface area contributed by atoms with Crippen LogP contribution in [0.3, 0.4) is 0 Å². The number of fused-ring (bicyclic) bond motifs is 1. The number of nitrogens with one attached hydrogen (secondary N) is 1. The SMILES string of the molecule is CCOC(c1cccc(Br)n1)n1c(NC2CCN(C(=O)OC(C)(C)C)CC2)nc2ccccc21. The Kier molecular flexibility index (Phi) is 7.42. The molecule has 3 heterocycles. The van der Waals surface area contributed by atoms with Crippen molar-refractivity contribution in [2.75, 3.05) is 25.0 Å². The van der Waals surface area contributed by atoms with Crippen molar-refractivity contribution in [1.29, 1.82) is 0 Å². The second kappa shape index (κ2) is 10.3. The number of pyridine rings is 1. The second-order valence-electron chi connectivity index (χ2n) is 9.37. The van der Waals surface area contributed by atoms with Gasteiger partial charge in [0.1, 0.15) is 10.2 Å². The highest BCUT2D eigenvalue weighted by atomic mass is 79.9. The van der Waals surface area contributed by atoms with Crippen molar-refractivity contribution < 1.29 is 14.3 Å². The summed E-state index contributed by atoms with van der Waals surface area (Å²) in [5.74, 6) is 0.733. The Morgan fingerprint density at radius 3 is 2.56 bits per heavy atom. The first-order valence-electron chi connectivity index (χ1n) is 11.7. The Hall–Kier alpha value is -2.65. The summed E-state index contributed by atoms with van der Waals surface area (Å²) in [5, 5.41) is 3.62. The number of carbonyl (C=O) groups excluding carboxylic acids is 1. The van der Waals surface area contributed by atoms with Crippen LogP contribution >= 0.6 is 15.9 Å². The maximum atomic E-state index is 12.4. The minimum Gasteiger partial charge on any atom is -0.444 e. The van der Waals surface area contributed by atoms with Gasteiger partial charge in [-0.15, -0.1) is 0 Å². The number of para-hydroxylation sites is 2. The van der Waals surface area contributed by atoms with Gasteiger partial charge in [-0.2, -0.15) is 0 Å². The molecule has 1 atom stereocenters. The van der Waals surface area contributed by atoms with Crippen LogP contribution in [0.15, 0.2) is 47.1 Å². The van der Waals surface area contributed by atoms with E-state index in [9.17, 15) is 4.79 Å². The number of likely N-dealkylation sites (tertiary alicyclic amines) is 1. The van der Waals surface area contributed by atoms with Gasteiger partial charge in [0.05, 0.1) is 16.7 Å². The zero-order valence-corrected chi connectivity index (χ0v) is 21.7. The fraction of sp³-hybridized carbons (Fsp3) is 0.480. The maximum absolute atomic E-state index is 12.4. The Morgan fingerprint density at radius 1 is 1.15 bits per heavy atom. The van der Waals surface area contributed by atoms with Gasteiger partial charge in [-0.3, -0.25) is 4.57 Å². The average Bonchev–Trinajstić information content (AvgIpc) is 3.14. The van der Waals surface area contributed by atoms with Crippen molar-refractivity contribution in [3.05, 3.63) is 52.8 Å². The van der Waals surface area contributed by atoms with Gasteiger partial charge in [0.25, 0.3) is 0 Å². The third kappa shape index (κ3) is 5.70. The third-order valence-electron chi connectivity index (χ3n) is 5.62. The molecule has 9 heteroatoms. The molecule has 0 spiro atoms. The minimum atomic E-state index is -0.494. The molecule has 1 fully saturated rings. The van der Waals surface area contributed by atoms with Gasteiger partial charge in [-0.05, 0) is 80.7 Å². The van der Waals surface area contributed by atoms with Gasteiger partial charge in [-0.25, -0.2) is 14.8 Å². The number of carbonyl (C=O) groups is 1. The minimum absolute atomic E-state index is 0.173. The molecule has 34 heavy (non-hydrogen) atoms. The van der Waals surface area contributed by atoms with Crippen LogP contribution in [0, 0.1) is 0 Å². The van der Waals surface area contributed by atoms with Gasteiger partial charge >= 0.3 is 6.09 Å². The molecule has 0 radical (unpaired) electrons. The summed E-state index contributed by atoms with van der Waals surface area (Å²) in [6.45, 7) is 9.43. The van der Waals surface area contributed by atoms with E-state index < -0.39 is 11.8 Å². The van der Waals surface area contributed by atoms with E-state index in [0.717, 1.165) is 40.1 Å². The van der Waals surface area contributed by atoms with Crippen molar-refractivity contribution in [3.8, 4) is 0 Å². The fourth-order valence-electron chi connectivity index (χ4n) is 4.11. The highest BCUT2D eigenvalue weighted by Gasteiger charge is 2.29. The molecule has 8 nitrogen and oxygen atoms in total. The zero-order valence-electron chi connectivity index (χ0n) is 20.1. The van der Waals surface area contributed by atoms with Gasteiger partial charge in [0.15, 0.2) is 6.23 Å². The quantitative estimate of drug-likeness (QED) is 0.419. The normalized spacial score (nSPS) is 16.0. The van der Waals surface area contributed by atoms with Gasteiger partial charge in [0.2, 0.25) is 5.95 Å². The summed E-state index contributed by atoms with van der Waals surface area (Å²) in [6.07, 6.45) is 0.919. The van der Waals surface area contributed by atoms with Crippen LogP contribution in [0.5, 0.6) is 0 Å². The zero-order chi connectivity index (χ0) is 24.3. The van der Waals surface area contributed by atoms with Crippen LogP contribution in [-0.4, -0.2) is 56.9 Å². The Labute approximate surface area is 208 Å². The molecule has 1 aliphatic heterocycles. The number of hydrogen-bond acceptors (Lipinski definition) is 6. The van der Waals surface area contributed by atoms with E-state index in [0.29, 0.717) is 19.7 Å². The number of piperidine rings is 1. The van der Waals surface area contributed by atoms with Crippen LogP contribution in [0.2, 0.25) is 0 Å². The summed E-state index contributed by atoms with van der Waals surface area (Å²) >= 11 is 3.48. The number of nitrogens with zero attached hydrogens (tertiary/aromatic N) is 4. The van der Waals surface area contributed by atoms with E-state index in [-0.39, 0.29) is 12.1 Å². The molecule has 1 saturated heterocycles. The number of rotatable bonds is 6. The molecule has 4 rings (SSSR count). The van der Waals surface area contributed by atoms with Gasteiger partial charge < -0.3 is 19.7 Å². The van der Waals surface area contributed by atoms with E-state index in [2.05, 4.69) is 30.8 Å². The van der Waals surface area contributed by atoms with Crippen molar-refractivity contribution >= 4 is 39.0 Å². The molecule has 0 aliphatic carbocycles. The lowest BCUT2D eigenvalue weighted by Crippen LogP contribution is -2.44. The lowest BCUT2D eigenvalue weighted by molar-refractivity contribution is 0.0210. The van der Waals surface area contributed by atoms with E-state index in [1.54, 1.807) is 4.90 Å². The number of aromatic nitrogens is 3. The Balaban J connectivity index is 1.58. The number of amides is 1. The lowest BCUT2D eigenvalue weighted by atomic mass is 10.1. The van der Waals surface area contributed by atoms with Gasteiger partial charge in [-0.1, -0.05) is 18.2 Å². The third-order valence-corrected chi connectivity index (χ3v) is 6.07. The Bertz CT molecular complexity index is 1140. The first kappa shape index (κ1) is 24.5.